The average Bonchev–Trinajstić information content (AvgIpc) is 3.46. The fourth-order valence-electron chi connectivity index (χ4n) is 6.34. The molecule has 0 aliphatic carbocycles. The Bertz CT molecular complexity index is 1310. The standard InChI is InChI=1S/C27H31F4N5O5/c28-18-12-26(5-1-7-35(26)13-18)16-40-25-32-19-14-36(20-11-17(15-37)3-4-21(20)41-27(29,30)31)24(38)22(19)23(33-25)34-6-2-9-39-10-8-34/h3-4,11,18,37H,1-2,5-10,12-16H2/t18-,26+/m1/s1. The van der Waals surface area contributed by atoms with Crippen molar-refractivity contribution in [3.05, 3.63) is 35.0 Å². The molecule has 4 aliphatic rings. The highest BCUT2D eigenvalue weighted by Gasteiger charge is 2.49. The van der Waals surface area contributed by atoms with Crippen LogP contribution in [-0.2, 0) is 17.9 Å². The van der Waals surface area contributed by atoms with E-state index in [-0.39, 0.29) is 30.4 Å². The molecule has 6 rings (SSSR count). The molecular weight excluding hydrogens is 550 g/mol. The van der Waals surface area contributed by atoms with Crippen LogP contribution in [0.15, 0.2) is 18.2 Å². The van der Waals surface area contributed by atoms with Crippen molar-refractivity contribution in [3.8, 4) is 11.8 Å². The van der Waals surface area contributed by atoms with Crippen LogP contribution in [0, 0.1) is 0 Å². The van der Waals surface area contributed by atoms with E-state index in [1.807, 2.05) is 4.90 Å². The van der Waals surface area contributed by atoms with E-state index in [0.29, 0.717) is 62.8 Å². The molecule has 1 amide bonds. The number of aliphatic hydroxyl groups excluding tert-OH is 1. The SMILES string of the molecule is O=C1c2c(nc(OC[C@@]34CCCN3C[C@H](F)C4)nc2N2CCCOCC2)CN1c1cc(CO)ccc1OC(F)(F)F. The Morgan fingerprint density at radius 2 is 2.00 bits per heavy atom. The van der Waals surface area contributed by atoms with Gasteiger partial charge in [-0.1, -0.05) is 6.07 Å². The molecule has 0 radical (unpaired) electrons. The Morgan fingerprint density at radius 1 is 1.15 bits per heavy atom. The minimum Gasteiger partial charge on any atom is -0.461 e. The fraction of sp³-hybridized carbons (Fsp3) is 0.593. The fourth-order valence-corrected chi connectivity index (χ4v) is 6.34. The molecule has 1 N–H and O–H groups in total. The number of benzene rings is 1. The van der Waals surface area contributed by atoms with Crippen LogP contribution in [0.5, 0.6) is 11.8 Å². The number of aliphatic hydroxyl groups is 1. The molecule has 4 aliphatic heterocycles. The van der Waals surface area contributed by atoms with Gasteiger partial charge in [0.25, 0.3) is 5.91 Å². The lowest BCUT2D eigenvalue weighted by molar-refractivity contribution is -0.274. The molecule has 10 nitrogen and oxygen atoms in total. The van der Waals surface area contributed by atoms with Gasteiger partial charge in [-0.2, -0.15) is 9.97 Å². The van der Waals surface area contributed by atoms with Crippen molar-refractivity contribution in [2.45, 2.75) is 56.9 Å². The Morgan fingerprint density at radius 3 is 2.80 bits per heavy atom. The molecule has 0 bridgehead atoms. The van der Waals surface area contributed by atoms with E-state index in [4.69, 9.17) is 9.47 Å². The van der Waals surface area contributed by atoms with Gasteiger partial charge in [0.05, 0.1) is 36.7 Å². The van der Waals surface area contributed by atoms with Gasteiger partial charge in [0, 0.05) is 32.7 Å². The molecule has 1 aromatic carbocycles. The molecule has 2 atom stereocenters. The molecule has 0 saturated carbocycles. The van der Waals surface area contributed by atoms with Crippen molar-refractivity contribution >= 4 is 17.4 Å². The number of carbonyl (C=O) groups is 1. The Kier molecular flexibility index (Phi) is 7.41. The van der Waals surface area contributed by atoms with Gasteiger partial charge in [0.2, 0.25) is 0 Å². The van der Waals surface area contributed by atoms with Crippen molar-refractivity contribution in [1.29, 1.82) is 0 Å². The lowest BCUT2D eigenvalue weighted by Gasteiger charge is -2.31. The number of hydrogen-bond donors (Lipinski definition) is 1. The summed E-state index contributed by atoms with van der Waals surface area (Å²) in [5.74, 6) is -0.854. The van der Waals surface area contributed by atoms with Crippen LogP contribution >= 0.6 is 0 Å². The van der Waals surface area contributed by atoms with Crippen molar-refractivity contribution < 1.29 is 41.7 Å². The Hall–Kier alpha value is -3.23. The molecule has 2 aromatic rings. The van der Waals surface area contributed by atoms with E-state index in [2.05, 4.69) is 19.6 Å². The third kappa shape index (κ3) is 5.52. The van der Waals surface area contributed by atoms with E-state index in [1.165, 1.54) is 12.1 Å². The largest absolute Gasteiger partial charge is 0.573 e. The maximum atomic E-state index is 14.3. The van der Waals surface area contributed by atoms with Crippen LogP contribution in [0.1, 0.15) is 47.3 Å². The first-order chi connectivity index (χ1) is 19.7. The predicted octanol–water partition coefficient (Wildman–Crippen LogP) is 3.21. The Balaban J connectivity index is 1.36. The molecule has 3 saturated heterocycles. The number of carbonyl (C=O) groups excluding carboxylic acids is 1. The summed E-state index contributed by atoms with van der Waals surface area (Å²) >= 11 is 0. The number of nitrogens with zero attached hydrogens (tertiary/aromatic N) is 5. The zero-order chi connectivity index (χ0) is 28.8. The molecular formula is C27H31F4N5O5. The van der Waals surface area contributed by atoms with Crippen LogP contribution in [0.25, 0.3) is 0 Å². The van der Waals surface area contributed by atoms with Gasteiger partial charge in [-0.3, -0.25) is 14.6 Å². The lowest BCUT2D eigenvalue weighted by atomic mass is 9.95. The van der Waals surface area contributed by atoms with E-state index in [1.54, 1.807) is 0 Å². The monoisotopic (exact) mass is 581 g/mol. The van der Waals surface area contributed by atoms with Crippen LogP contribution in [0.4, 0.5) is 29.1 Å². The van der Waals surface area contributed by atoms with Crippen molar-refractivity contribution in [2.75, 3.05) is 55.8 Å². The van der Waals surface area contributed by atoms with Gasteiger partial charge in [-0.25, -0.2) is 4.39 Å². The van der Waals surface area contributed by atoms with E-state index in [9.17, 15) is 27.5 Å². The summed E-state index contributed by atoms with van der Waals surface area (Å²) in [5, 5.41) is 9.62. The first-order valence-electron chi connectivity index (χ1n) is 13.7. The number of ether oxygens (including phenoxy) is 3. The molecule has 41 heavy (non-hydrogen) atoms. The maximum Gasteiger partial charge on any atom is 0.573 e. The number of hydrogen-bond acceptors (Lipinski definition) is 9. The second-order valence-corrected chi connectivity index (χ2v) is 10.9. The minimum atomic E-state index is -4.99. The molecule has 14 heteroatoms. The molecule has 222 valence electrons. The third-order valence-corrected chi connectivity index (χ3v) is 8.19. The zero-order valence-electron chi connectivity index (χ0n) is 22.3. The summed E-state index contributed by atoms with van der Waals surface area (Å²) in [5.41, 5.74) is 0.181. The topological polar surface area (TPSA) is 100 Å². The van der Waals surface area contributed by atoms with Gasteiger partial charge >= 0.3 is 12.4 Å². The zero-order valence-corrected chi connectivity index (χ0v) is 22.3. The number of fused-ring (bicyclic) bond motifs is 2. The number of halogens is 4. The second kappa shape index (κ2) is 10.9. The first-order valence-corrected chi connectivity index (χ1v) is 13.7. The van der Waals surface area contributed by atoms with Gasteiger partial charge in [0.15, 0.2) is 5.75 Å². The van der Waals surface area contributed by atoms with Crippen LogP contribution in [-0.4, -0.2) is 90.0 Å². The first kappa shape index (κ1) is 27.9. The van der Waals surface area contributed by atoms with Crippen molar-refractivity contribution in [3.63, 3.8) is 0 Å². The van der Waals surface area contributed by atoms with Crippen molar-refractivity contribution in [2.24, 2.45) is 0 Å². The van der Waals surface area contributed by atoms with Crippen LogP contribution in [0.2, 0.25) is 0 Å². The normalized spacial score (nSPS) is 24.9. The number of aromatic nitrogens is 2. The quantitative estimate of drug-likeness (QED) is 0.494. The highest BCUT2D eigenvalue weighted by Crippen LogP contribution is 2.42. The summed E-state index contributed by atoms with van der Waals surface area (Å²) in [6.45, 7) is 2.70. The third-order valence-electron chi connectivity index (χ3n) is 8.19. The van der Waals surface area contributed by atoms with E-state index < -0.39 is 36.3 Å². The molecule has 5 heterocycles. The minimum absolute atomic E-state index is 0.0259. The van der Waals surface area contributed by atoms with Gasteiger partial charge in [-0.15, -0.1) is 13.2 Å². The summed E-state index contributed by atoms with van der Waals surface area (Å²) in [6.07, 6.45) is -3.13. The summed E-state index contributed by atoms with van der Waals surface area (Å²) in [7, 11) is 0. The molecule has 3 fully saturated rings. The Labute approximate surface area is 233 Å². The average molecular weight is 582 g/mol. The summed E-state index contributed by atoms with van der Waals surface area (Å²) < 4.78 is 69.9. The number of anilines is 2. The van der Waals surface area contributed by atoms with E-state index in [0.717, 1.165) is 30.4 Å². The van der Waals surface area contributed by atoms with Gasteiger partial charge in [-0.05, 0) is 43.5 Å². The number of rotatable bonds is 7. The van der Waals surface area contributed by atoms with Crippen LogP contribution in [0.3, 0.4) is 0 Å². The molecule has 1 aromatic heterocycles. The second-order valence-electron chi connectivity index (χ2n) is 10.9. The smallest absolute Gasteiger partial charge is 0.461 e. The van der Waals surface area contributed by atoms with Crippen molar-refractivity contribution in [1.82, 2.24) is 14.9 Å². The number of alkyl halides is 4. The van der Waals surface area contributed by atoms with Gasteiger partial charge in [0.1, 0.15) is 24.2 Å². The number of amides is 1. The molecule has 0 unspecified atom stereocenters. The predicted molar refractivity (Wildman–Crippen MR) is 138 cm³/mol. The summed E-state index contributed by atoms with van der Waals surface area (Å²) in [6, 6.07) is 3.68. The summed E-state index contributed by atoms with van der Waals surface area (Å²) in [4.78, 5) is 28.1. The molecule has 0 spiro atoms. The van der Waals surface area contributed by atoms with Gasteiger partial charge < -0.3 is 24.2 Å². The lowest BCUT2D eigenvalue weighted by Crippen LogP contribution is -2.43. The highest BCUT2D eigenvalue weighted by atomic mass is 19.4. The maximum absolute atomic E-state index is 14.3. The highest BCUT2D eigenvalue weighted by molar-refractivity contribution is 6.13. The van der Waals surface area contributed by atoms with Crippen LogP contribution < -0.4 is 19.3 Å². The van der Waals surface area contributed by atoms with E-state index >= 15 is 0 Å².